The van der Waals surface area contributed by atoms with Crippen LogP contribution in [-0.4, -0.2) is 50.8 Å². The van der Waals surface area contributed by atoms with Gasteiger partial charge in [-0.3, -0.25) is 4.79 Å². The molecular weight excluding hydrogens is 426 g/mol. The first-order valence-corrected chi connectivity index (χ1v) is 12.1. The van der Waals surface area contributed by atoms with Crippen LogP contribution in [0, 0.1) is 33.6 Å². The summed E-state index contributed by atoms with van der Waals surface area (Å²) in [4.78, 5) is 24.2. The van der Waals surface area contributed by atoms with E-state index in [1.165, 1.54) is 5.56 Å². The van der Waals surface area contributed by atoms with Crippen LogP contribution in [0.2, 0.25) is 0 Å². The van der Waals surface area contributed by atoms with Gasteiger partial charge in [-0.05, 0) is 83.1 Å². The van der Waals surface area contributed by atoms with Gasteiger partial charge >= 0.3 is 0 Å². The van der Waals surface area contributed by atoms with Crippen LogP contribution in [0.15, 0.2) is 30.3 Å². The highest BCUT2D eigenvalue weighted by Crippen LogP contribution is 2.25. The van der Waals surface area contributed by atoms with Gasteiger partial charge in [-0.1, -0.05) is 12.1 Å². The average Bonchev–Trinajstić information content (AvgIpc) is 3.11. The number of ether oxygens (including phenoxy) is 1. The second kappa shape index (κ2) is 10.4. The molecule has 1 aliphatic rings. The third-order valence-corrected chi connectivity index (χ3v) is 6.90. The lowest BCUT2D eigenvalue weighted by Crippen LogP contribution is -2.39. The summed E-state index contributed by atoms with van der Waals surface area (Å²) in [6.45, 7) is 9.52. The second-order valence-electron chi connectivity index (χ2n) is 9.40. The summed E-state index contributed by atoms with van der Waals surface area (Å²) in [5.74, 6) is 2.31. The van der Waals surface area contributed by atoms with E-state index in [0.29, 0.717) is 18.3 Å². The summed E-state index contributed by atoms with van der Waals surface area (Å²) < 4.78 is 7.01. The Bertz CT molecular complexity index is 1120. The van der Waals surface area contributed by atoms with Gasteiger partial charge in [-0.2, -0.15) is 5.10 Å². The van der Waals surface area contributed by atoms with Crippen LogP contribution in [0.5, 0.6) is 5.75 Å². The number of rotatable bonds is 7. The first-order chi connectivity index (χ1) is 16.3. The molecule has 1 amide bonds. The van der Waals surface area contributed by atoms with Crippen LogP contribution in [0.25, 0.3) is 5.95 Å². The number of piperidine rings is 1. The molecule has 0 saturated carbocycles. The second-order valence-corrected chi connectivity index (χ2v) is 9.40. The van der Waals surface area contributed by atoms with E-state index in [9.17, 15) is 4.79 Å². The van der Waals surface area contributed by atoms with Crippen LogP contribution in [-0.2, 0) is 17.6 Å². The van der Waals surface area contributed by atoms with Gasteiger partial charge in [0, 0.05) is 35.7 Å². The minimum atomic E-state index is 0.181. The molecule has 7 nitrogen and oxygen atoms in total. The Morgan fingerprint density at radius 3 is 2.29 bits per heavy atom. The van der Waals surface area contributed by atoms with Crippen LogP contribution in [0.1, 0.15) is 53.2 Å². The molecule has 1 aliphatic heterocycles. The highest BCUT2D eigenvalue weighted by Gasteiger charge is 2.25. The predicted octanol–water partition coefficient (Wildman–Crippen LogP) is 4.32. The van der Waals surface area contributed by atoms with E-state index in [-0.39, 0.29) is 5.91 Å². The fraction of sp³-hybridized carbons (Fsp3) is 0.481. The third-order valence-electron chi connectivity index (χ3n) is 6.90. The van der Waals surface area contributed by atoms with Crippen molar-refractivity contribution in [2.45, 2.75) is 59.8 Å². The number of methoxy groups -OCH3 is 1. The number of amides is 1. The minimum Gasteiger partial charge on any atom is -0.497 e. The molecule has 3 aromatic rings. The van der Waals surface area contributed by atoms with Gasteiger partial charge in [0.25, 0.3) is 5.95 Å². The summed E-state index contributed by atoms with van der Waals surface area (Å²) in [5, 5.41) is 4.65. The fourth-order valence-corrected chi connectivity index (χ4v) is 4.82. The molecule has 0 atom stereocenters. The Kier molecular flexibility index (Phi) is 7.29. The van der Waals surface area contributed by atoms with Crippen molar-refractivity contribution in [1.82, 2.24) is 24.6 Å². The molecule has 0 radical (unpaired) electrons. The van der Waals surface area contributed by atoms with Gasteiger partial charge in [0.2, 0.25) is 5.91 Å². The predicted molar refractivity (Wildman–Crippen MR) is 132 cm³/mol. The maximum atomic E-state index is 13.1. The highest BCUT2D eigenvalue weighted by atomic mass is 16.5. The van der Waals surface area contributed by atoms with Crippen LogP contribution in [0.4, 0.5) is 0 Å². The van der Waals surface area contributed by atoms with E-state index in [4.69, 9.17) is 4.74 Å². The number of carbonyl (C=O) groups excluding carboxylic acids is 1. The van der Waals surface area contributed by atoms with Crippen molar-refractivity contribution in [2.75, 3.05) is 20.2 Å². The molecule has 0 unspecified atom stereocenters. The third kappa shape index (κ3) is 5.46. The molecule has 4 rings (SSSR count). The standard InChI is InChI=1S/C27H35N5O2/c1-18-16-19(2)29-27(28-18)32-21(4)25(20(3)30-32)17-26(33)31-14-12-23(13-15-31)7-6-22-8-10-24(34-5)11-9-22/h8-11,16,23H,6-7,12-15,17H2,1-5H3. The van der Waals surface area contributed by atoms with Gasteiger partial charge in [-0.25, -0.2) is 14.6 Å². The zero-order valence-electron chi connectivity index (χ0n) is 21.0. The Morgan fingerprint density at radius 2 is 1.68 bits per heavy atom. The molecule has 34 heavy (non-hydrogen) atoms. The summed E-state index contributed by atoms with van der Waals surface area (Å²) >= 11 is 0. The van der Waals surface area contributed by atoms with Gasteiger partial charge in [0.15, 0.2) is 0 Å². The first-order valence-electron chi connectivity index (χ1n) is 12.1. The van der Waals surface area contributed by atoms with Gasteiger partial charge < -0.3 is 9.64 Å². The van der Waals surface area contributed by atoms with E-state index in [1.54, 1.807) is 11.8 Å². The summed E-state index contributed by atoms with van der Waals surface area (Å²) in [5.41, 5.74) is 5.93. The number of benzene rings is 1. The number of carbonyl (C=O) groups is 1. The lowest BCUT2D eigenvalue weighted by atomic mass is 9.90. The van der Waals surface area contributed by atoms with Crippen LogP contribution < -0.4 is 4.74 Å². The van der Waals surface area contributed by atoms with Gasteiger partial charge in [0.1, 0.15) is 5.75 Å². The zero-order chi connectivity index (χ0) is 24.2. The summed E-state index contributed by atoms with van der Waals surface area (Å²) in [6, 6.07) is 10.3. The summed E-state index contributed by atoms with van der Waals surface area (Å²) in [7, 11) is 1.69. The lowest BCUT2D eigenvalue weighted by molar-refractivity contribution is -0.131. The SMILES string of the molecule is COc1ccc(CCC2CCN(C(=O)Cc3c(C)nn(-c4nc(C)cc(C)n4)c3C)CC2)cc1. The first kappa shape index (κ1) is 23.9. The van der Waals surface area contributed by atoms with Crippen molar-refractivity contribution >= 4 is 5.91 Å². The van der Waals surface area contributed by atoms with E-state index >= 15 is 0 Å². The van der Waals surface area contributed by atoms with Gasteiger partial charge in [0.05, 0.1) is 19.2 Å². The Morgan fingerprint density at radius 1 is 1.03 bits per heavy atom. The van der Waals surface area contributed by atoms with Crippen LogP contribution in [0.3, 0.4) is 0 Å². The Hall–Kier alpha value is -3.22. The van der Waals surface area contributed by atoms with Gasteiger partial charge in [-0.15, -0.1) is 0 Å². The zero-order valence-corrected chi connectivity index (χ0v) is 21.0. The van der Waals surface area contributed by atoms with Crippen molar-refractivity contribution in [1.29, 1.82) is 0 Å². The number of aryl methyl sites for hydroxylation is 4. The molecule has 7 heteroatoms. The molecule has 1 aromatic carbocycles. The molecule has 180 valence electrons. The van der Waals surface area contributed by atoms with Crippen molar-refractivity contribution in [3.63, 3.8) is 0 Å². The van der Waals surface area contributed by atoms with E-state index in [1.807, 2.05) is 50.8 Å². The molecule has 1 saturated heterocycles. The molecular formula is C27H35N5O2. The van der Waals surface area contributed by atoms with Crippen molar-refractivity contribution in [3.05, 3.63) is 64.2 Å². The number of aromatic nitrogens is 4. The lowest BCUT2D eigenvalue weighted by Gasteiger charge is -2.32. The largest absolute Gasteiger partial charge is 0.497 e. The Labute approximate surface area is 202 Å². The molecule has 0 N–H and O–H groups in total. The fourth-order valence-electron chi connectivity index (χ4n) is 4.82. The number of nitrogens with zero attached hydrogens (tertiary/aromatic N) is 5. The number of hydrogen-bond donors (Lipinski definition) is 0. The molecule has 0 bridgehead atoms. The van der Waals surface area contributed by atoms with E-state index in [0.717, 1.165) is 72.9 Å². The maximum absolute atomic E-state index is 13.1. The normalized spacial score (nSPS) is 14.4. The minimum absolute atomic E-state index is 0.181. The van der Waals surface area contributed by atoms with Crippen molar-refractivity contribution in [3.8, 4) is 11.7 Å². The van der Waals surface area contributed by atoms with Crippen LogP contribution >= 0.6 is 0 Å². The molecule has 3 heterocycles. The quantitative estimate of drug-likeness (QED) is 0.524. The molecule has 0 aliphatic carbocycles. The monoisotopic (exact) mass is 461 g/mol. The smallest absolute Gasteiger partial charge is 0.251 e. The van der Waals surface area contributed by atoms with E-state index < -0.39 is 0 Å². The molecule has 0 spiro atoms. The topological polar surface area (TPSA) is 73.1 Å². The van der Waals surface area contributed by atoms with E-state index in [2.05, 4.69) is 27.2 Å². The van der Waals surface area contributed by atoms with Crippen molar-refractivity contribution < 1.29 is 9.53 Å². The molecule has 1 fully saturated rings. The maximum Gasteiger partial charge on any atom is 0.251 e. The average molecular weight is 462 g/mol. The number of hydrogen-bond acceptors (Lipinski definition) is 5. The molecule has 2 aromatic heterocycles. The van der Waals surface area contributed by atoms with Crippen molar-refractivity contribution in [2.24, 2.45) is 5.92 Å². The number of likely N-dealkylation sites (tertiary alicyclic amines) is 1. The summed E-state index contributed by atoms with van der Waals surface area (Å²) in [6.07, 6.45) is 4.74. The highest BCUT2D eigenvalue weighted by molar-refractivity contribution is 5.79. The Balaban J connectivity index is 1.33.